The quantitative estimate of drug-likeness (QED) is 0.703. The van der Waals surface area contributed by atoms with Crippen LogP contribution in [0.3, 0.4) is 0 Å². The zero-order valence-electron chi connectivity index (χ0n) is 15.3. The van der Waals surface area contributed by atoms with Gasteiger partial charge in [-0.3, -0.25) is 9.78 Å². The molecule has 3 aromatic rings. The summed E-state index contributed by atoms with van der Waals surface area (Å²) < 4.78 is 0. The van der Waals surface area contributed by atoms with E-state index >= 15 is 0 Å². The van der Waals surface area contributed by atoms with Crippen LogP contribution >= 0.6 is 0 Å². The van der Waals surface area contributed by atoms with Crippen molar-refractivity contribution in [2.75, 3.05) is 14.1 Å². The van der Waals surface area contributed by atoms with Crippen LogP contribution in [-0.2, 0) is 24.2 Å². The topological polar surface area (TPSA) is 53.4 Å². The third-order valence-corrected chi connectivity index (χ3v) is 4.41. The van der Waals surface area contributed by atoms with Gasteiger partial charge >= 0.3 is 5.97 Å². The van der Waals surface area contributed by atoms with E-state index in [4.69, 9.17) is 5.11 Å². The van der Waals surface area contributed by atoms with Crippen LogP contribution in [0.4, 0.5) is 0 Å². The highest BCUT2D eigenvalue weighted by atomic mass is 16.4. The van der Waals surface area contributed by atoms with Gasteiger partial charge in [0.05, 0.1) is 0 Å². The number of benzene rings is 2. The van der Waals surface area contributed by atoms with E-state index in [0.29, 0.717) is 6.42 Å². The van der Waals surface area contributed by atoms with Crippen LogP contribution in [0.1, 0.15) is 28.7 Å². The van der Waals surface area contributed by atoms with Gasteiger partial charge in [0.25, 0.3) is 0 Å². The first kappa shape index (κ1) is 18.1. The van der Waals surface area contributed by atoms with E-state index in [-0.39, 0.29) is 6.42 Å². The number of fused-ring (bicyclic) bond motifs is 1. The highest BCUT2D eigenvalue weighted by Gasteiger charge is 2.08. The first-order valence-electron chi connectivity index (χ1n) is 8.81. The first-order valence-corrected chi connectivity index (χ1v) is 8.81. The van der Waals surface area contributed by atoms with E-state index in [1.807, 2.05) is 24.5 Å². The van der Waals surface area contributed by atoms with E-state index in [9.17, 15) is 4.79 Å². The van der Waals surface area contributed by atoms with Crippen LogP contribution in [0.25, 0.3) is 10.8 Å². The standard InChI is InChI=1S/C22H24N2O2/c1-24(2)15-18-12-19-8-9-23-14-21(19)20(13-18)11-17-5-3-4-16(10-17)6-7-22(25)26/h3-5,8-10,12-14H,6-7,11,15H2,1-2H3,(H,25,26). The third-order valence-electron chi connectivity index (χ3n) is 4.41. The van der Waals surface area contributed by atoms with Crippen LogP contribution in [0.5, 0.6) is 0 Å². The molecule has 4 nitrogen and oxygen atoms in total. The van der Waals surface area contributed by atoms with Crippen LogP contribution in [0.15, 0.2) is 54.9 Å². The fourth-order valence-electron chi connectivity index (χ4n) is 3.31. The van der Waals surface area contributed by atoms with Gasteiger partial charge in [-0.15, -0.1) is 0 Å². The molecule has 2 aromatic carbocycles. The zero-order chi connectivity index (χ0) is 18.5. The molecule has 3 rings (SSSR count). The van der Waals surface area contributed by atoms with Crippen molar-refractivity contribution in [2.24, 2.45) is 0 Å². The Labute approximate surface area is 154 Å². The number of carbonyl (C=O) groups is 1. The lowest BCUT2D eigenvalue weighted by atomic mass is 9.95. The fraction of sp³-hybridized carbons (Fsp3) is 0.273. The molecule has 1 heterocycles. The minimum atomic E-state index is -0.760. The number of hydrogen-bond donors (Lipinski definition) is 1. The minimum absolute atomic E-state index is 0.161. The van der Waals surface area contributed by atoms with E-state index in [1.165, 1.54) is 27.5 Å². The third kappa shape index (κ3) is 4.67. The van der Waals surface area contributed by atoms with Crippen LogP contribution in [-0.4, -0.2) is 35.1 Å². The molecule has 1 aromatic heterocycles. The van der Waals surface area contributed by atoms with Gasteiger partial charge in [0.15, 0.2) is 0 Å². The molecule has 0 saturated heterocycles. The molecule has 0 bridgehead atoms. The Bertz CT molecular complexity index is 919. The van der Waals surface area contributed by atoms with Crippen LogP contribution in [0.2, 0.25) is 0 Å². The second kappa shape index (κ2) is 8.11. The van der Waals surface area contributed by atoms with Gasteiger partial charge in [0.2, 0.25) is 0 Å². The van der Waals surface area contributed by atoms with Crippen molar-refractivity contribution in [3.05, 3.63) is 77.1 Å². The van der Waals surface area contributed by atoms with Gasteiger partial charge in [0.1, 0.15) is 0 Å². The lowest BCUT2D eigenvalue weighted by Gasteiger charge is -2.14. The molecule has 4 heteroatoms. The Kier molecular flexibility index (Phi) is 5.64. The maximum Gasteiger partial charge on any atom is 0.303 e. The van der Waals surface area contributed by atoms with Crippen molar-refractivity contribution in [1.29, 1.82) is 0 Å². The van der Waals surface area contributed by atoms with Crippen molar-refractivity contribution in [1.82, 2.24) is 9.88 Å². The normalized spacial score (nSPS) is 11.2. The Hall–Kier alpha value is -2.72. The molecule has 1 N–H and O–H groups in total. The number of hydrogen-bond acceptors (Lipinski definition) is 3. The number of aliphatic carboxylic acids is 1. The molecule has 0 aliphatic rings. The zero-order valence-corrected chi connectivity index (χ0v) is 15.3. The second-order valence-corrected chi connectivity index (χ2v) is 6.98. The second-order valence-electron chi connectivity index (χ2n) is 6.98. The lowest BCUT2D eigenvalue weighted by molar-refractivity contribution is -0.136. The molecule has 0 saturated carbocycles. The number of rotatable bonds is 7. The molecule has 0 radical (unpaired) electrons. The van der Waals surface area contributed by atoms with E-state index in [1.54, 1.807) is 0 Å². The molecule has 26 heavy (non-hydrogen) atoms. The Morgan fingerprint density at radius 1 is 1.08 bits per heavy atom. The number of aryl methyl sites for hydroxylation is 1. The molecular weight excluding hydrogens is 324 g/mol. The molecule has 0 unspecified atom stereocenters. The first-order chi connectivity index (χ1) is 12.5. The number of carboxylic acid groups (broad SMARTS) is 1. The SMILES string of the molecule is CN(C)Cc1cc(Cc2cccc(CCC(=O)O)c2)c2cnccc2c1. The summed E-state index contributed by atoms with van der Waals surface area (Å²) in [5, 5.41) is 11.3. The predicted molar refractivity (Wildman–Crippen MR) is 104 cm³/mol. The van der Waals surface area contributed by atoms with Crippen molar-refractivity contribution in [2.45, 2.75) is 25.8 Å². The lowest BCUT2D eigenvalue weighted by Crippen LogP contribution is -2.11. The average Bonchev–Trinajstić information content (AvgIpc) is 2.60. The Morgan fingerprint density at radius 2 is 1.88 bits per heavy atom. The van der Waals surface area contributed by atoms with Gasteiger partial charge in [-0.1, -0.05) is 30.3 Å². The average molecular weight is 348 g/mol. The summed E-state index contributed by atoms with van der Waals surface area (Å²) >= 11 is 0. The van der Waals surface area contributed by atoms with Gasteiger partial charge in [0, 0.05) is 30.7 Å². The highest BCUT2D eigenvalue weighted by molar-refractivity contribution is 5.86. The maximum absolute atomic E-state index is 10.8. The summed E-state index contributed by atoms with van der Waals surface area (Å²) in [6.45, 7) is 0.893. The Balaban J connectivity index is 1.92. The summed E-state index contributed by atoms with van der Waals surface area (Å²) in [5.74, 6) is -0.760. The molecular formula is C22H24N2O2. The van der Waals surface area contributed by atoms with E-state index in [0.717, 1.165) is 18.5 Å². The molecule has 0 aliphatic heterocycles. The smallest absolute Gasteiger partial charge is 0.303 e. The molecule has 0 fully saturated rings. The monoisotopic (exact) mass is 348 g/mol. The maximum atomic E-state index is 10.8. The van der Waals surface area contributed by atoms with Gasteiger partial charge < -0.3 is 10.0 Å². The van der Waals surface area contributed by atoms with Crippen molar-refractivity contribution in [3.8, 4) is 0 Å². The molecule has 0 aliphatic carbocycles. The van der Waals surface area contributed by atoms with Crippen molar-refractivity contribution in [3.63, 3.8) is 0 Å². The number of nitrogens with zero attached hydrogens (tertiary/aromatic N) is 2. The largest absolute Gasteiger partial charge is 0.481 e. The molecule has 0 atom stereocenters. The van der Waals surface area contributed by atoms with E-state index in [2.05, 4.69) is 54.3 Å². The summed E-state index contributed by atoms with van der Waals surface area (Å²) in [5.41, 5.74) is 4.80. The predicted octanol–water partition coefficient (Wildman–Crippen LogP) is 3.90. The molecule has 0 amide bonds. The van der Waals surface area contributed by atoms with Crippen molar-refractivity contribution < 1.29 is 9.90 Å². The van der Waals surface area contributed by atoms with Crippen molar-refractivity contribution >= 4 is 16.7 Å². The van der Waals surface area contributed by atoms with Gasteiger partial charge in [-0.25, -0.2) is 0 Å². The summed E-state index contributed by atoms with van der Waals surface area (Å²) in [6, 6.07) is 14.8. The number of pyridine rings is 1. The van der Waals surface area contributed by atoms with Gasteiger partial charge in [-0.2, -0.15) is 0 Å². The van der Waals surface area contributed by atoms with Crippen LogP contribution < -0.4 is 0 Å². The fourth-order valence-corrected chi connectivity index (χ4v) is 3.31. The summed E-state index contributed by atoms with van der Waals surface area (Å²) in [6.07, 6.45) is 5.29. The van der Waals surface area contributed by atoms with E-state index < -0.39 is 5.97 Å². The molecule has 0 spiro atoms. The molecule has 134 valence electrons. The summed E-state index contributed by atoms with van der Waals surface area (Å²) in [7, 11) is 4.14. The van der Waals surface area contributed by atoms with Crippen LogP contribution in [0, 0.1) is 0 Å². The highest BCUT2D eigenvalue weighted by Crippen LogP contribution is 2.24. The van der Waals surface area contributed by atoms with Gasteiger partial charge in [-0.05, 0) is 66.7 Å². The number of carboxylic acids is 1. The summed E-state index contributed by atoms with van der Waals surface area (Å²) in [4.78, 5) is 17.3. The Morgan fingerprint density at radius 3 is 2.65 bits per heavy atom. The minimum Gasteiger partial charge on any atom is -0.481 e. The number of aromatic nitrogens is 1.